The van der Waals surface area contributed by atoms with Crippen molar-refractivity contribution in [1.82, 2.24) is 9.97 Å². The third kappa shape index (κ3) is 4.70. The van der Waals surface area contributed by atoms with E-state index >= 15 is 0 Å². The van der Waals surface area contributed by atoms with E-state index in [1.165, 1.54) is 0 Å². The van der Waals surface area contributed by atoms with E-state index in [0.29, 0.717) is 5.95 Å². The van der Waals surface area contributed by atoms with Gasteiger partial charge in [-0.15, -0.1) is 0 Å². The van der Waals surface area contributed by atoms with Gasteiger partial charge in [0.2, 0.25) is 5.95 Å². The second-order valence-corrected chi connectivity index (χ2v) is 6.46. The molecule has 5 heteroatoms. The van der Waals surface area contributed by atoms with Crippen LogP contribution in [0, 0.1) is 5.41 Å². The molecule has 5 nitrogen and oxygen atoms in total. The van der Waals surface area contributed by atoms with Gasteiger partial charge in [0.15, 0.2) is 0 Å². The number of carbonyl (C=O) groups is 1. The highest BCUT2D eigenvalue weighted by Gasteiger charge is 2.21. The first kappa shape index (κ1) is 15.2. The molecule has 112 valence electrons. The van der Waals surface area contributed by atoms with E-state index in [9.17, 15) is 4.79 Å². The predicted molar refractivity (Wildman–Crippen MR) is 83.3 cm³/mol. The molecule has 0 amide bonds. The number of rotatable bonds is 5. The predicted octanol–water partition coefficient (Wildman–Crippen LogP) is 3.32. The maximum absolute atomic E-state index is 11.0. The van der Waals surface area contributed by atoms with E-state index in [1.807, 2.05) is 24.3 Å². The van der Waals surface area contributed by atoms with Crippen LogP contribution in [0.15, 0.2) is 30.5 Å². The second-order valence-electron chi connectivity index (χ2n) is 6.46. The zero-order valence-corrected chi connectivity index (χ0v) is 12.6. The number of nitrogens with zero attached hydrogens (tertiary/aromatic N) is 2. The highest BCUT2D eigenvalue weighted by molar-refractivity contribution is 5.78. The van der Waals surface area contributed by atoms with Crippen LogP contribution in [-0.2, 0) is 4.79 Å². The molecule has 1 unspecified atom stereocenters. The highest BCUT2D eigenvalue weighted by Crippen LogP contribution is 2.24. The van der Waals surface area contributed by atoms with Crippen LogP contribution in [0.1, 0.15) is 33.6 Å². The average molecular weight is 287 g/mol. The lowest BCUT2D eigenvalue weighted by molar-refractivity contribution is -0.137. The molecule has 0 aliphatic carbocycles. The number of hydrogen-bond acceptors (Lipinski definition) is 4. The summed E-state index contributed by atoms with van der Waals surface area (Å²) in [6.07, 6.45) is 2.53. The van der Waals surface area contributed by atoms with Gasteiger partial charge in [-0.1, -0.05) is 39.0 Å². The first-order valence-electron chi connectivity index (χ1n) is 7.04. The van der Waals surface area contributed by atoms with E-state index < -0.39 is 5.97 Å². The van der Waals surface area contributed by atoms with Crippen molar-refractivity contribution >= 4 is 22.8 Å². The molecule has 21 heavy (non-hydrogen) atoms. The Bertz CT molecular complexity index is 635. The fourth-order valence-corrected chi connectivity index (χ4v) is 2.35. The zero-order valence-electron chi connectivity index (χ0n) is 12.6. The topological polar surface area (TPSA) is 75.1 Å². The molecule has 1 heterocycles. The Balaban J connectivity index is 2.18. The Kier molecular flexibility index (Phi) is 4.40. The van der Waals surface area contributed by atoms with Crippen LogP contribution in [0.4, 0.5) is 5.95 Å². The summed E-state index contributed by atoms with van der Waals surface area (Å²) in [6, 6.07) is 7.53. The molecular weight excluding hydrogens is 266 g/mol. The van der Waals surface area contributed by atoms with Gasteiger partial charge in [0.1, 0.15) is 0 Å². The van der Waals surface area contributed by atoms with Gasteiger partial charge >= 0.3 is 5.97 Å². The highest BCUT2D eigenvalue weighted by atomic mass is 16.4. The molecule has 1 atom stereocenters. The van der Waals surface area contributed by atoms with Gasteiger partial charge in [-0.05, 0) is 17.9 Å². The zero-order chi connectivity index (χ0) is 15.5. The summed E-state index contributed by atoms with van der Waals surface area (Å²) in [5, 5.41) is 13.2. The Labute approximate surface area is 124 Å². The maximum atomic E-state index is 11.0. The average Bonchev–Trinajstić information content (AvgIpc) is 2.35. The Morgan fingerprint density at radius 2 is 2.05 bits per heavy atom. The molecule has 0 radical (unpaired) electrons. The van der Waals surface area contributed by atoms with Crippen molar-refractivity contribution in [2.75, 3.05) is 5.32 Å². The Morgan fingerprint density at radius 3 is 2.71 bits per heavy atom. The molecule has 1 aromatic heterocycles. The lowest BCUT2D eigenvalue weighted by atomic mass is 9.87. The number of para-hydroxylation sites is 1. The number of anilines is 1. The molecule has 0 saturated heterocycles. The molecule has 0 spiro atoms. The minimum Gasteiger partial charge on any atom is -0.481 e. The molecule has 2 N–H and O–H groups in total. The van der Waals surface area contributed by atoms with Crippen LogP contribution < -0.4 is 5.32 Å². The first-order chi connectivity index (χ1) is 9.83. The van der Waals surface area contributed by atoms with E-state index in [-0.39, 0.29) is 17.9 Å². The number of aliphatic carboxylic acids is 1. The van der Waals surface area contributed by atoms with Crippen molar-refractivity contribution in [3.8, 4) is 0 Å². The number of fused-ring (bicyclic) bond motifs is 1. The number of benzene rings is 1. The van der Waals surface area contributed by atoms with E-state index in [2.05, 4.69) is 36.1 Å². The molecule has 0 aliphatic rings. The lowest BCUT2D eigenvalue weighted by Gasteiger charge is -2.25. The molecule has 0 saturated carbocycles. The minimum absolute atomic E-state index is 0.0317. The van der Waals surface area contributed by atoms with Crippen molar-refractivity contribution in [1.29, 1.82) is 0 Å². The summed E-state index contributed by atoms with van der Waals surface area (Å²) in [7, 11) is 0. The summed E-state index contributed by atoms with van der Waals surface area (Å²) in [5.41, 5.74) is 0.879. The van der Waals surface area contributed by atoms with Crippen molar-refractivity contribution in [3.05, 3.63) is 30.5 Å². The first-order valence-corrected chi connectivity index (χ1v) is 7.04. The number of hydrogen-bond donors (Lipinski definition) is 2. The van der Waals surface area contributed by atoms with Gasteiger partial charge in [0.05, 0.1) is 11.9 Å². The molecule has 0 aliphatic heterocycles. The van der Waals surface area contributed by atoms with Gasteiger partial charge in [-0.3, -0.25) is 4.79 Å². The van der Waals surface area contributed by atoms with E-state index in [0.717, 1.165) is 17.3 Å². The standard InChI is InChI=1S/C16H21N3O2/c1-16(2,3)9-12(8-14(20)21)18-15-17-10-11-6-4-5-7-13(11)19-15/h4-7,10,12H,8-9H2,1-3H3,(H,20,21)(H,17,18,19). The lowest BCUT2D eigenvalue weighted by Crippen LogP contribution is -2.29. The monoisotopic (exact) mass is 287 g/mol. The third-order valence-electron chi connectivity index (χ3n) is 3.10. The molecule has 0 bridgehead atoms. The van der Waals surface area contributed by atoms with Gasteiger partial charge in [0.25, 0.3) is 0 Å². The van der Waals surface area contributed by atoms with Crippen LogP contribution in [0.5, 0.6) is 0 Å². The largest absolute Gasteiger partial charge is 0.481 e. The van der Waals surface area contributed by atoms with Gasteiger partial charge in [-0.2, -0.15) is 0 Å². The third-order valence-corrected chi connectivity index (χ3v) is 3.10. The summed E-state index contributed by atoms with van der Waals surface area (Å²) in [5.74, 6) is -0.346. The summed E-state index contributed by atoms with van der Waals surface area (Å²) in [4.78, 5) is 19.7. The summed E-state index contributed by atoms with van der Waals surface area (Å²) >= 11 is 0. The molecular formula is C16H21N3O2. The van der Waals surface area contributed by atoms with Crippen molar-refractivity contribution in [3.63, 3.8) is 0 Å². The number of carboxylic acid groups (broad SMARTS) is 1. The quantitative estimate of drug-likeness (QED) is 0.882. The van der Waals surface area contributed by atoms with Crippen LogP contribution in [0.25, 0.3) is 10.9 Å². The Hall–Kier alpha value is -2.17. The Morgan fingerprint density at radius 1 is 1.33 bits per heavy atom. The maximum Gasteiger partial charge on any atom is 0.305 e. The fraction of sp³-hybridized carbons (Fsp3) is 0.438. The van der Waals surface area contributed by atoms with Crippen LogP contribution in [-0.4, -0.2) is 27.1 Å². The van der Waals surface area contributed by atoms with E-state index in [4.69, 9.17) is 5.11 Å². The molecule has 1 aromatic carbocycles. The second kappa shape index (κ2) is 6.08. The van der Waals surface area contributed by atoms with Gasteiger partial charge < -0.3 is 10.4 Å². The summed E-state index contributed by atoms with van der Waals surface area (Å²) < 4.78 is 0. The van der Waals surface area contributed by atoms with Crippen molar-refractivity contribution in [2.24, 2.45) is 5.41 Å². The molecule has 0 fully saturated rings. The van der Waals surface area contributed by atoms with E-state index in [1.54, 1.807) is 6.20 Å². The SMILES string of the molecule is CC(C)(C)CC(CC(=O)O)Nc1ncc2ccccc2n1. The minimum atomic E-state index is -0.822. The van der Waals surface area contributed by atoms with Crippen molar-refractivity contribution < 1.29 is 9.90 Å². The van der Waals surface area contributed by atoms with Crippen LogP contribution in [0.2, 0.25) is 0 Å². The van der Waals surface area contributed by atoms with Crippen molar-refractivity contribution in [2.45, 2.75) is 39.7 Å². The number of nitrogens with one attached hydrogen (secondary N) is 1. The number of carboxylic acids is 1. The van der Waals surface area contributed by atoms with Crippen LogP contribution >= 0.6 is 0 Å². The fourth-order valence-electron chi connectivity index (χ4n) is 2.35. The molecule has 2 rings (SSSR count). The smallest absolute Gasteiger partial charge is 0.305 e. The summed E-state index contributed by atoms with van der Waals surface area (Å²) in [6.45, 7) is 6.26. The van der Waals surface area contributed by atoms with Gasteiger partial charge in [0, 0.05) is 17.6 Å². The number of aromatic nitrogens is 2. The normalized spacial score (nSPS) is 13.1. The van der Waals surface area contributed by atoms with Crippen LogP contribution in [0.3, 0.4) is 0 Å². The van der Waals surface area contributed by atoms with Gasteiger partial charge in [-0.25, -0.2) is 9.97 Å². The molecule has 2 aromatic rings.